The Bertz CT molecular complexity index is 149. The van der Waals surface area contributed by atoms with E-state index < -0.39 is 0 Å². The maximum absolute atomic E-state index is 4.01. The van der Waals surface area contributed by atoms with Crippen molar-refractivity contribution in [1.29, 1.82) is 0 Å². The van der Waals surface area contributed by atoms with Gasteiger partial charge in [-0.15, -0.1) is 0 Å². The molecule has 1 N–H and O–H groups in total. The van der Waals surface area contributed by atoms with E-state index in [-0.39, 0.29) is 0 Å². The van der Waals surface area contributed by atoms with Gasteiger partial charge in [-0.1, -0.05) is 53.5 Å². The molecule has 0 spiro atoms. The van der Waals surface area contributed by atoms with Crippen LogP contribution in [0.15, 0.2) is 12.3 Å². The molecule has 0 aromatic rings. The number of allylic oxidation sites excluding steroid dienone is 1. The summed E-state index contributed by atoms with van der Waals surface area (Å²) in [7, 11) is 0. The van der Waals surface area contributed by atoms with Crippen molar-refractivity contribution < 1.29 is 0 Å². The highest BCUT2D eigenvalue weighted by molar-refractivity contribution is 4.94. The molecule has 0 radical (unpaired) electrons. The Morgan fingerprint density at radius 3 is 2.36 bits per heavy atom. The van der Waals surface area contributed by atoms with Crippen LogP contribution in [0.2, 0.25) is 0 Å². The lowest BCUT2D eigenvalue weighted by atomic mass is 10.0. The summed E-state index contributed by atoms with van der Waals surface area (Å²) in [6.07, 6.45) is 5.40. The summed E-state index contributed by atoms with van der Waals surface area (Å²) in [5.41, 5.74) is 1.17. The van der Waals surface area contributed by atoms with E-state index in [9.17, 15) is 0 Å². The highest BCUT2D eigenvalue weighted by Gasteiger charge is 2.03. The average Bonchev–Trinajstić information content (AvgIpc) is 2.14. The minimum atomic E-state index is 0.554. The molecule has 0 saturated heterocycles. The van der Waals surface area contributed by atoms with Gasteiger partial charge in [0.05, 0.1) is 0 Å². The normalized spacial score (nSPS) is 12.9. The molecule has 0 aliphatic heterocycles. The van der Waals surface area contributed by atoms with Crippen LogP contribution in [0.25, 0.3) is 0 Å². The number of rotatable bonds is 8. The third kappa shape index (κ3) is 6.99. The first-order chi connectivity index (χ1) is 6.57. The van der Waals surface area contributed by atoms with Crippen LogP contribution in [0.1, 0.15) is 53.4 Å². The zero-order chi connectivity index (χ0) is 11.0. The highest BCUT2D eigenvalue weighted by atomic mass is 14.9. The molecular formula is C13H27N. The second-order valence-electron chi connectivity index (χ2n) is 4.66. The second-order valence-corrected chi connectivity index (χ2v) is 4.66. The minimum absolute atomic E-state index is 0.554. The molecule has 14 heavy (non-hydrogen) atoms. The first kappa shape index (κ1) is 13.5. The van der Waals surface area contributed by atoms with Gasteiger partial charge in [0.25, 0.3) is 0 Å². The standard InChI is InChI=1S/C13H27N/c1-6-7-8-9-12(4)10-14-13(5)11(2)3/h11-12,14H,5-10H2,1-4H3. The largest absolute Gasteiger partial charge is 0.388 e. The molecule has 1 atom stereocenters. The second kappa shape index (κ2) is 7.90. The van der Waals surface area contributed by atoms with Crippen molar-refractivity contribution in [2.75, 3.05) is 6.54 Å². The molecule has 0 aromatic carbocycles. The Labute approximate surface area is 90.0 Å². The molecule has 0 aliphatic carbocycles. The van der Waals surface area contributed by atoms with Crippen LogP contribution in [-0.2, 0) is 0 Å². The van der Waals surface area contributed by atoms with Crippen LogP contribution in [-0.4, -0.2) is 6.54 Å². The van der Waals surface area contributed by atoms with Crippen LogP contribution >= 0.6 is 0 Å². The van der Waals surface area contributed by atoms with Crippen molar-refractivity contribution in [3.63, 3.8) is 0 Å². The predicted octanol–water partition coefficient (Wildman–Crippen LogP) is 3.96. The fourth-order valence-electron chi connectivity index (χ4n) is 1.35. The van der Waals surface area contributed by atoms with Crippen LogP contribution in [0, 0.1) is 11.8 Å². The topological polar surface area (TPSA) is 12.0 Å². The van der Waals surface area contributed by atoms with E-state index in [1.165, 1.54) is 31.4 Å². The molecule has 0 fully saturated rings. The summed E-state index contributed by atoms with van der Waals surface area (Å²) in [5, 5.41) is 3.41. The van der Waals surface area contributed by atoms with Gasteiger partial charge in [-0.25, -0.2) is 0 Å². The van der Waals surface area contributed by atoms with E-state index in [1.807, 2.05) is 0 Å². The summed E-state index contributed by atoms with van der Waals surface area (Å²) < 4.78 is 0. The van der Waals surface area contributed by atoms with Gasteiger partial charge < -0.3 is 5.32 Å². The number of nitrogens with one attached hydrogen (secondary N) is 1. The molecule has 0 aliphatic rings. The summed E-state index contributed by atoms with van der Waals surface area (Å²) in [6.45, 7) is 14.0. The lowest BCUT2D eigenvalue weighted by Crippen LogP contribution is -2.22. The lowest BCUT2D eigenvalue weighted by molar-refractivity contribution is 0.466. The monoisotopic (exact) mass is 197 g/mol. The molecule has 0 saturated carbocycles. The van der Waals surface area contributed by atoms with Gasteiger partial charge in [0.15, 0.2) is 0 Å². The predicted molar refractivity (Wildman–Crippen MR) is 65.3 cm³/mol. The van der Waals surface area contributed by atoms with Crippen molar-refractivity contribution in [2.24, 2.45) is 11.8 Å². The first-order valence-corrected chi connectivity index (χ1v) is 6.00. The van der Waals surface area contributed by atoms with E-state index >= 15 is 0 Å². The first-order valence-electron chi connectivity index (χ1n) is 6.00. The van der Waals surface area contributed by atoms with Gasteiger partial charge in [0, 0.05) is 12.2 Å². The molecule has 0 bridgehead atoms. The van der Waals surface area contributed by atoms with Crippen molar-refractivity contribution in [2.45, 2.75) is 53.4 Å². The van der Waals surface area contributed by atoms with Crippen molar-refractivity contribution in [3.05, 3.63) is 12.3 Å². The molecule has 1 heteroatoms. The maximum Gasteiger partial charge on any atom is 0.0169 e. The van der Waals surface area contributed by atoms with Gasteiger partial charge in [0.2, 0.25) is 0 Å². The summed E-state index contributed by atoms with van der Waals surface area (Å²) in [4.78, 5) is 0. The number of hydrogen-bond acceptors (Lipinski definition) is 1. The molecule has 1 nitrogen and oxygen atoms in total. The van der Waals surface area contributed by atoms with Crippen LogP contribution in [0.5, 0.6) is 0 Å². The van der Waals surface area contributed by atoms with Gasteiger partial charge in [-0.2, -0.15) is 0 Å². The Morgan fingerprint density at radius 1 is 1.21 bits per heavy atom. The maximum atomic E-state index is 4.01. The zero-order valence-corrected chi connectivity index (χ0v) is 10.4. The molecular weight excluding hydrogens is 170 g/mol. The molecule has 84 valence electrons. The fourth-order valence-corrected chi connectivity index (χ4v) is 1.35. The van der Waals surface area contributed by atoms with E-state index in [0.717, 1.165) is 12.5 Å². The summed E-state index contributed by atoms with van der Waals surface area (Å²) in [6, 6.07) is 0. The molecule has 0 rings (SSSR count). The van der Waals surface area contributed by atoms with Crippen LogP contribution < -0.4 is 5.32 Å². The van der Waals surface area contributed by atoms with Gasteiger partial charge >= 0.3 is 0 Å². The van der Waals surface area contributed by atoms with Crippen molar-refractivity contribution >= 4 is 0 Å². The fraction of sp³-hybridized carbons (Fsp3) is 0.846. The Hall–Kier alpha value is -0.460. The van der Waals surface area contributed by atoms with Gasteiger partial charge in [0.1, 0.15) is 0 Å². The summed E-state index contributed by atoms with van der Waals surface area (Å²) >= 11 is 0. The van der Waals surface area contributed by atoms with Crippen molar-refractivity contribution in [1.82, 2.24) is 5.32 Å². The van der Waals surface area contributed by atoms with Gasteiger partial charge in [-0.05, 0) is 18.3 Å². The van der Waals surface area contributed by atoms with E-state index in [4.69, 9.17) is 0 Å². The van der Waals surface area contributed by atoms with Crippen LogP contribution in [0.3, 0.4) is 0 Å². The van der Waals surface area contributed by atoms with E-state index in [2.05, 4.69) is 39.6 Å². The smallest absolute Gasteiger partial charge is 0.0169 e. The Morgan fingerprint density at radius 2 is 1.86 bits per heavy atom. The third-order valence-electron chi connectivity index (χ3n) is 2.67. The van der Waals surface area contributed by atoms with Crippen molar-refractivity contribution in [3.8, 4) is 0 Å². The Kier molecular flexibility index (Phi) is 7.64. The number of hydrogen-bond donors (Lipinski definition) is 1. The molecule has 0 amide bonds. The molecule has 0 heterocycles. The highest BCUT2D eigenvalue weighted by Crippen LogP contribution is 2.10. The van der Waals surface area contributed by atoms with Crippen LogP contribution in [0.4, 0.5) is 0 Å². The average molecular weight is 197 g/mol. The lowest BCUT2D eigenvalue weighted by Gasteiger charge is -2.17. The van der Waals surface area contributed by atoms with E-state index in [1.54, 1.807) is 0 Å². The molecule has 1 unspecified atom stereocenters. The summed E-state index contributed by atoms with van der Waals surface area (Å²) in [5.74, 6) is 1.33. The third-order valence-corrected chi connectivity index (χ3v) is 2.67. The quantitative estimate of drug-likeness (QED) is 0.581. The van der Waals surface area contributed by atoms with Gasteiger partial charge in [-0.3, -0.25) is 0 Å². The SMILES string of the molecule is C=C(NCC(C)CCCCC)C(C)C. The minimum Gasteiger partial charge on any atom is -0.388 e. The zero-order valence-electron chi connectivity index (χ0n) is 10.4. The van der Waals surface area contributed by atoms with E-state index in [0.29, 0.717) is 5.92 Å². The number of unbranched alkanes of at least 4 members (excludes halogenated alkanes) is 2. The Balaban J connectivity index is 3.43. The molecule has 0 aromatic heterocycles.